The molecule has 16 heavy (non-hydrogen) atoms. The third-order valence-electron chi connectivity index (χ3n) is 1.89. The van der Waals surface area contributed by atoms with Crippen LogP contribution >= 0.6 is 15.9 Å². The van der Waals surface area contributed by atoms with Crippen molar-refractivity contribution in [3.63, 3.8) is 0 Å². The van der Waals surface area contributed by atoms with Crippen molar-refractivity contribution in [2.24, 2.45) is 0 Å². The highest BCUT2D eigenvalue weighted by atomic mass is 79.9. The molecule has 0 amide bonds. The van der Waals surface area contributed by atoms with Crippen LogP contribution in [0.2, 0.25) is 0 Å². The van der Waals surface area contributed by atoms with Gasteiger partial charge in [-0.2, -0.15) is 0 Å². The zero-order valence-corrected chi connectivity index (χ0v) is 10.9. The van der Waals surface area contributed by atoms with E-state index in [9.17, 15) is 0 Å². The second kappa shape index (κ2) is 10.5. The van der Waals surface area contributed by atoms with Crippen LogP contribution in [0.3, 0.4) is 0 Å². The SMILES string of the molecule is C#C/C=C(\C=C/CO)CCC/C(Br)=C\C=C. The number of terminal acetylenes is 1. The van der Waals surface area contributed by atoms with Crippen LogP contribution in [-0.4, -0.2) is 11.7 Å². The Balaban J connectivity index is 4.10. The van der Waals surface area contributed by atoms with Crippen LogP contribution in [0.5, 0.6) is 0 Å². The minimum absolute atomic E-state index is 0.0436. The molecular weight excluding hydrogens is 264 g/mol. The maximum Gasteiger partial charge on any atom is 0.0615 e. The minimum atomic E-state index is 0.0436. The van der Waals surface area contributed by atoms with Gasteiger partial charge in [-0.25, -0.2) is 0 Å². The Kier molecular flexibility index (Phi) is 9.80. The summed E-state index contributed by atoms with van der Waals surface area (Å²) in [5.41, 5.74) is 1.07. The summed E-state index contributed by atoms with van der Waals surface area (Å²) < 4.78 is 1.13. The fourth-order valence-corrected chi connectivity index (χ4v) is 1.65. The van der Waals surface area contributed by atoms with Gasteiger partial charge in [-0.15, -0.1) is 6.42 Å². The zero-order valence-electron chi connectivity index (χ0n) is 9.32. The maximum absolute atomic E-state index is 8.67. The molecule has 0 aliphatic carbocycles. The largest absolute Gasteiger partial charge is 0.392 e. The quantitative estimate of drug-likeness (QED) is 0.557. The predicted molar refractivity (Wildman–Crippen MR) is 74.2 cm³/mol. The summed E-state index contributed by atoms with van der Waals surface area (Å²) in [6.07, 6.45) is 17.1. The molecule has 0 radical (unpaired) electrons. The molecule has 86 valence electrons. The predicted octanol–water partition coefficient (Wildman–Crippen LogP) is 3.73. The summed E-state index contributed by atoms with van der Waals surface area (Å²) >= 11 is 3.45. The van der Waals surface area contributed by atoms with Crippen LogP contribution in [0.25, 0.3) is 0 Å². The highest BCUT2D eigenvalue weighted by molar-refractivity contribution is 9.11. The first-order valence-electron chi connectivity index (χ1n) is 5.14. The van der Waals surface area contributed by atoms with Gasteiger partial charge in [0.25, 0.3) is 0 Å². The fourth-order valence-electron chi connectivity index (χ4n) is 1.19. The summed E-state index contributed by atoms with van der Waals surface area (Å²) in [6, 6.07) is 0. The van der Waals surface area contributed by atoms with Crippen LogP contribution in [0.1, 0.15) is 19.3 Å². The average Bonchev–Trinajstić information content (AvgIpc) is 2.26. The van der Waals surface area contributed by atoms with Crippen LogP contribution in [0.15, 0.2) is 47.0 Å². The molecule has 0 aromatic heterocycles. The number of rotatable bonds is 7. The van der Waals surface area contributed by atoms with E-state index in [0.717, 1.165) is 29.3 Å². The molecule has 1 nitrogen and oxygen atoms in total. The second-order valence-corrected chi connectivity index (χ2v) is 4.19. The van der Waals surface area contributed by atoms with E-state index < -0.39 is 0 Å². The Morgan fingerprint density at radius 3 is 2.75 bits per heavy atom. The standard InChI is InChI=1S/C14H17BrO/c1-3-7-13(10-6-12-16)9-5-11-14(15)8-4-2/h1,4,6-8,10,16H,2,5,9,11-12H2/b10-6-,13-7-,14-8+. The summed E-state index contributed by atoms with van der Waals surface area (Å²) in [6.45, 7) is 3.67. The molecule has 0 spiro atoms. The molecule has 0 rings (SSSR count). The first-order valence-corrected chi connectivity index (χ1v) is 5.93. The van der Waals surface area contributed by atoms with Gasteiger partial charge in [-0.3, -0.25) is 0 Å². The third-order valence-corrected chi connectivity index (χ3v) is 2.55. The van der Waals surface area contributed by atoms with Crippen molar-refractivity contribution in [3.8, 4) is 12.3 Å². The summed E-state index contributed by atoms with van der Waals surface area (Å²) in [7, 11) is 0. The zero-order chi connectivity index (χ0) is 12.2. The molecule has 0 bridgehead atoms. The first kappa shape index (κ1) is 15.0. The van der Waals surface area contributed by atoms with Crippen LogP contribution in [0.4, 0.5) is 0 Å². The van der Waals surface area contributed by atoms with E-state index in [1.807, 2.05) is 12.2 Å². The van der Waals surface area contributed by atoms with Crippen LogP contribution in [0, 0.1) is 12.3 Å². The van der Waals surface area contributed by atoms with Crippen LogP contribution < -0.4 is 0 Å². The Labute approximate surface area is 106 Å². The molecule has 0 aliphatic heterocycles. The Morgan fingerprint density at radius 2 is 2.19 bits per heavy atom. The molecule has 0 unspecified atom stereocenters. The van der Waals surface area contributed by atoms with E-state index in [-0.39, 0.29) is 6.61 Å². The van der Waals surface area contributed by atoms with Gasteiger partial charge in [-0.05, 0) is 35.4 Å². The van der Waals surface area contributed by atoms with Gasteiger partial charge in [-0.1, -0.05) is 52.7 Å². The van der Waals surface area contributed by atoms with E-state index in [1.54, 1.807) is 18.2 Å². The number of aliphatic hydroxyl groups excluding tert-OH is 1. The highest BCUT2D eigenvalue weighted by Crippen LogP contribution is 2.17. The molecule has 0 heterocycles. The lowest BCUT2D eigenvalue weighted by Crippen LogP contribution is -1.83. The molecule has 2 heteroatoms. The first-order chi connectivity index (χ1) is 7.74. The Bertz CT molecular complexity index is 329. The molecule has 0 aliphatic rings. The van der Waals surface area contributed by atoms with E-state index in [2.05, 4.69) is 28.4 Å². The van der Waals surface area contributed by atoms with Crippen molar-refractivity contribution in [1.82, 2.24) is 0 Å². The second-order valence-electron chi connectivity index (χ2n) is 3.17. The van der Waals surface area contributed by atoms with Gasteiger partial charge in [0.1, 0.15) is 0 Å². The van der Waals surface area contributed by atoms with E-state index in [4.69, 9.17) is 11.5 Å². The molecule has 0 saturated carbocycles. The summed E-state index contributed by atoms with van der Waals surface area (Å²) in [5.74, 6) is 2.50. The Hall–Kier alpha value is -1.04. The average molecular weight is 281 g/mol. The van der Waals surface area contributed by atoms with Gasteiger partial charge in [0.2, 0.25) is 0 Å². The monoisotopic (exact) mass is 280 g/mol. The van der Waals surface area contributed by atoms with Crippen molar-refractivity contribution in [1.29, 1.82) is 0 Å². The smallest absolute Gasteiger partial charge is 0.0615 e. The van der Waals surface area contributed by atoms with Gasteiger partial charge < -0.3 is 5.11 Å². The lowest BCUT2D eigenvalue weighted by atomic mass is 10.1. The van der Waals surface area contributed by atoms with Crippen LogP contribution in [-0.2, 0) is 0 Å². The molecule has 0 saturated heterocycles. The number of halogens is 1. The van der Waals surface area contributed by atoms with Crippen molar-refractivity contribution >= 4 is 15.9 Å². The van der Waals surface area contributed by atoms with E-state index in [0.29, 0.717) is 0 Å². The van der Waals surface area contributed by atoms with Crippen molar-refractivity contribution in [3.05, 3.63) is 47.0 Å². The minimum Gasteiger partial charge on any atom is -0.392 e. The highest BCUT2D eigenvalue weighted by Gasteiger charge is 1.95. The van der Waals surface area contributed by atoms with Gasteiger partial charge in [0.15, 0.2) is 0 Å². The molecule has 1 N–H and O–H groups in total. The molecule has 0 fully saturated rings. The van der Waals surface area contributed by atoms with Crippen molar-refractivity contribution < 1.29 is 5.11 Å². The van der Waals surface area contributed by atoms with Gasteiger partial charge >= 0.3 is 0 Å². The van der Waals surface area contributed by atoms with Crippen molar-refractivity contribution in [2.45, 2.75) is 19.3 Å². The topological polar surface area (TPSA) is 20.2 Å². The lowest BCUT2D eigenvalue weighted by molar-refractivity contribution is 0.342. The van der Waals surface area contributed by atoms with Gasteiger partial charge in [0.05, 0.1) is 6.61 Å². The number of hydrogen-bond acceptors (Lipinski definition) is 1. The van der Waals surface area contributed by atoms with Crippen molar-refractivity contribution in [2.75, 3.05) is 6.61 Å². The Morgan fingerprint density at radius 1 is 1.44 bits per heavy atom. The molecular formula is C14H17BrO. The molecule has 0 aromatic carbocycles. The van der Waals surface area contributed by atoms with E-state index in [1.165, 1.54) is 0 Å². The van der Waals surface area contributed by atoms with Gasteiger partial charge in [0, 0.05) is 0 Å². The number of hydrogen-bond donors (Lipinski definition) is 1. The number of allylic oxidation sites excluding steroid dienone is 6. The summed E-state index contributed by atoms with van der Waals surface area (Å²) in [5, 5.41) is 8.67. The normalized spacial score (nSPS) is 12.8. The molecule has 0 aromatic rings. The fraction of sp³-hybridized carbons (Fsp3) is 0.286. The summed E-state index contributed by atoms with van der Waals surface area (Å²) in [4.78, 5) is 0. The molecule has 0 atom stereocenters. The van der Waals surface area contributed by atoms with E-state index >= 15 is 0 Å². The lowest BCUT2D eigenvalue weighted by Gasteiger charge is -2.01. The maximum atomic E-state index is 8.67. The number of aliphatic hydroxyl groups is 1. The third kappa shape index (κ3) is 8.28.